The van der Waals surface area contributed by atoms with Crippen LogP contribution in [0, 0.1) is 12.3 Å². The molecule has 1 amide bonds. The van der Waals surface area contributed by atoms with E-state index in [-0.39, 0.29) is 17.9 Å². The molecular formula is C21H16N2O3. The molecule has 5 heteroatoms. The van der Waals surface area contributed by atoms with Gasteiger partial charge < -0.3 is 9.84 Å². The summed E-state index contributed by atoms with van der Waals surface area (Å²) in [4.78, 5) is 12.1. The van der Waals surface area contributed by atoms with Crippen molar-refractivity contribution < 1.29 is 14.6 Å². The Labute approximate surface area is 150 Å². The number of aromatic hydroxyl groups is 1. The predicted molar refractivity (Wildman–Crippen MR) is 101 cm³/mol. The maximum absolute atomic E-state index is 12.1. The van der Waals surface area contributed by atoms with Crippen molar-refractivity contribution >= 4 is 22.9 Å². The van der Waals surface area contributed by atoms with Crippen LogP contribution in [0.15, 0.2) is 65.8 Å². The summed E-state index contributed by atoms with van der Waals surface area (Å²) in [6.07, 6.45) is 6.77. The Bertz CT molecular complexity index is 1020. The highest BCUT2D eigenvalue weighted by molar-refractivity contribution is 6.03. The second-order valence-corrected chi connectivity index (χ2v) is 5.41. The number of fused-ring (bicyclic) bond motifs is 1. The number of para-hydroxylation sites is 1. The number of hydrogen-bond donors (Lipinski definition) is 2. The van der Waals surface area contributed by atoms with Crippen LogP contribution in [0.25, 0.3) is 10.8 Å². The molecule has 0 heterocycles. The summed E-state index contributed by atoms with van der Waals surface area (Å²) in [5, 5.41) is 15.7. The predicted octanol–water partition coefficient (Wildman–Crippen LogP) is 3.32. The molecule has 0 aliphatic rings. The molecule has 0 aliphatic heterocycles. The van der Waals surface area contributed by atoms with Gasteiger partial charge in [-0.25, -0.2) is 5.43 Å². The highest BCUT2D eigenvalue weighted by Gasteiger charge is 2.10. The van der Waals surface area contributed by atoms with E-state index < -0.39 is 5.91 Å². The van der Waals surface area contributed by atoms with Crippen molar-refractivity contribution in [3.8, 4) is 23.8 Å². The molecule has 128 valence electrons. The topological polar surface area (TPSA) is 70.9 Å². The highest BCUT2D eigenvalue weighted by atomic mass is 16.5. The molecule has 3 rings (SSSR count). The van der Waals surface area contributed by atoms with Crippen LogP contribution >= 0.6 is 0 Å². The largest absolute Gasteiger partial charge is 0.507 e. The normalized spacial score (nSPS) is 10.6. The maximum atomic E-state index is 12.1. The average molecular weight is 344 g/mol. The van der Waals surface area contributed by atoms with Crippen molar-refractivity contribution in [1.82, 2.24) is 5.43 Å². The van der Waals surface area contributed by atoms with Crippen molar-refractivity contribution in [1.29, 1.82) is 0 Å². The van der Waals surface area contributed by atoms with Crippen molar-refractivity contribution in [2.24, 2.45) is 5.10 Å². The minimum atomic E-state index is -0.509. The first-order valence-electron chi connectivity index (χ1n) is 7.90. The van der Waals surface area contributed by atoms with Crippen molar-refractivity contribution in [2.45, 2.75) is 0 Å². The number of hydrogen-bond acceptors (Lipinski definition) is 4. The Kier molecular flexibility index (Phi) is 5.16. The molecule has 0 spiro atoms. The second kappa shape index (κ2) is 7.86. The fourth-order valence-electron chi connectivity index (χ4n) is 2.54. The number of amides is 1. The molecular weight excluding hydrogens is 328 g/mol. The van der Waals surface area contributed by atoms with Gasteiger partial charge in [-0.1, -0.05) is 48.4 Å². The lowest BCUT2D eigenvalue weighted by molar-refractivity contribution is 0.0952. The summed E-state index contributed by atoms with van der Waals surface area (Å²) < 4.78 is 5.58. The van der Waals surface area contributed by atoms with E-state index in [1.165, 1.54) is 18.3 Å². The van der Waals surface area contributed by atoms with Gasteiger partial charge in [-0.3, -0.25) is 4.79 Å². The van der Waals surface area contributed by atoms with Crippen LogP contribution in [0.5, 0.6) is 11.5 Å². The van der Waals surface area contributed by atoms with Crippen LogP contribution in [0.1, 0.15) is 15.9 Å². The smallest absolute Gasteiger partial charge is 0.275 e. The summed E-state index contributed by atoms with van der Waals surface area (Å²) >= 11 is 0. The van der Waals surface area contributed by atoms with Gasteiger partial charge in [0, 0.05) is 5.56 Å². The lowest BCUT2D eigenvalue weighted by Crippen LogP contribution is -2.17. The zero-order valence-electron chi connectivity index (χ0n) is 13.8. The second-order valence-electron chi connectivity index (χ2n) is 5.41. The number of phenols is 1. The lowest BCUT2D eigenvalue weighted by Gasteiger charge is -2.10. The summed E-state index contributed by atoms with van der Waals surface area (Å²) in [5.74, 6) is 2.38. The minimum Gasteiger partial charge on any atom is -0.507 e. The number of hydrazone groups is 1. The van der Waals surface area contributed by atoms with E-state index in [1.807, 2.05) is 36.4 Å². The molecule has 0 aromatic heterocycles. The molecule has 0 saturated heterocycles. The van der Waals surface area contributed by atoms with Gasteiger partial charge in [0.25, 0.3) is 5.91 Å². The molecule has 2 N–H and O–H groups in total. The van der Waals surface area contributed by atoms with Crippen LogP contribution < -0.4 is 10.2 Å². The number of nitrogens with zero attached hydrogens (tertiary/aromatic N) is 1. The highest BCUT2D eigenvalue weighted by Crippen LogP contribution is 2.26. The number of carbonyl (C=O) groups excluding carboxylic acids is 1. The Morgan fingerprint density at radius 1 is 1.15 bits per heavy atom. The fraction of sp³-hybridized carbons (Fsp3) is 0.0476. The first-order valence-corrected chi connectivity index (χ1v) is 7.90. The molecule has 3 aromatic rings. The Hall–Kier alpha value is -3.78. The van der Waals surface area contributed by atoms with Crippen LogP contribution in [0.3, 0.4) is 0 Å². The number of rotatable bonds is 5. The first-order chi connectivity index (χ1) is 12.7. The van der Waals surface area contributed by atoms with Gasteiger partial charge in [0.15, 0.2) is 0 Å². The lowest BCUT2D eigenvalue weighted by atomic mass is 10.0. The number of carbonyl (C=O) groups is 1. The molecule has 0 fully saturated rings. The van der Waals surface area contributed by atoms with E-state index in [0.717, 1.165) is 10.8 Å². The van der Waals surface area contributed by atoms with E-state index in [0.29, 0.717) is 11.3 Å². The number of nitrogens with one attached hydrogen (secondary N) is 1. The van der Waals surface area contributed by atoms with Crippen molar-refractivity contribution in [3.63, 3.8) is 0 Å². The molecule has 0 saturated carbocycles. The molecule has 0 bridgehead atoms. The van der Waals surface area contributed by atoms with Crippen molar-refractivity contribution in [2.75, 3.05) is 6.61 Å². The Morgan fingerprint density at radius 3 is 2.73 bits per heavy atom. The SMILES string of the molecule is C#CCOc1ccc2ccccc2c1/C=N\NC(=O)c1ccccc1O. The van der Waals surface area contributed by atoms with Gasteiger partial charge in [-0.2, -0.15) is 5.10 Å². The molecule has 5 nitrogen and oxygen atoms in total. The monoisotopic (exact) mass is 344 g/mol. The van der Waals surface area contributed by atoms with Crippen LogP contribution in [-0.4, -0.2) is 23.8 Å². The first kappa shape index (κ1) is 17.1. The Morgan fingerprint density at radius 2 is 1.92 bits per heavy atom. The third kappa shape index (κ3) is 3.65. The van der Waals surface area contributed by atoms with Gasteiger partial charge in [-0.05, 0) is 29.0 Å². The molecule has 3 aromatic carbocycles. The van der Waals surface area contributed by atoms with Crippen LogP contribution in [0.2, 0.25) is 0 Å². The molecule has 0 atom stereocenters. The quantitative estimate of drug-likeness (QED) is 0.424. The third-order valence-corrected chi connectivity index (χ3v) is 3.75. The van der Waals surface area contributed by atoms with Gasteiger partial charge in [-0.15, -0.1) is 6.42 Å². The van der Waals surface area contributed by atoms with E-state index in [1.54, 1.807) is 12.1 Å². The van der Waals surface area contributed by atoms with E-state index in [4.69, 9.17) is 11.2 Å². The summed E-state index contributed by atoms with van der Waals surface area (Å²) in [7, 11) is 0. The van der Waals surface area contributed by atoms with Gasteiger partial charge >= 0.3 is 0 Å². The number of terminal acetylenes is 1. The summed E-state index contributed by atoms with van der Waals surface area (Å²) in [5.41, 5.74) is 3.26. The molecule has 0 radical (unpaired) electrons. The summed E-state index contributed by atoms with van der Waals surface area (Å²) in [6.45, 7) is 0.128. The zero-order chi connectivity index (χ0) is 18.4. The molecule has 26 heavy (non-hydrogen) atoms. The van der Waals surface area contributed by atoms with Gasteiger partial charge in [0.05, 0.1) is 11.8 Å². The number of phenolic OH excluding ortho intramolecular Hbond substituents is 1. The van der Waals surface area contributed by atoms with Crippen LogP contribution in [0.4, 0.5) is 0 Å². The maximum Gasteiger partial charge on any atom is 0.275 e. The summed E-state index contributed by atoms with van der Waals surface area (Å²) in [6, 6.07) is 17.7. The fourth-order valence-corrected chi connectivity index (χ4v) is 2.54. The van der Waals surface area contributed by atoms with Gasteiger partial charge in [0.2, 0.25) is 0 Å². The molecule has 0 unspecified atom stereocenters. The third-order valence-electron chi connectivity index (χ3n) is 3.75. The zero-order valence-corrected chi connectivity index (χ0v) is 13.8. The van der Waals surface area contributed by atoms with E-state index >= 15 is 0 Å². The van der Waals surface area contributed by atoms with E-state index in [2.05, 4.69) is 16.4 Å². The number of ether oxygens (including phenoxy) is 1. The standard InChI is InChI=1S/C21H16N2O3/c1-2-13-26-20-12-11-15-7-3-4-8-16(15)18(20)14-22-23-21(25)17-9-5-6-10-19(17)24/h1,3-12,14,24H,13H2,(H,23,25)/b22-14-. The minimum absolute atomic E-state index is 0.108. The van der Waals surface area contributed by atoms with E-state index in [9.17, 15) is 9.90 Å². The van der Waals surface area contributed by atoms with Crippen molar-refractivity contribution in [3.05, 3.63) is 71.8 Å². The molecule has 0 aliphatic carbocycles. The average Bonchev–Trinajstić information content (AvgIpc) is 2.67. The van der Waals surface area contributed by atoms with Gasteiger partial charge in [0.1, 0.15) is 18.1 Å². The number of benzene rings is 3. The Balaban J connectivity index is 1.89. The van der Waals surface area contributed by atoms with Crippen LogP contribution in [-0.2, 0) is 0 Å².